The van der Waals surface area contributed by atoms with E-state index in [-0.39, 0.29) is 151 Å². The van der Waals surface area contributed by atoms with E-state index in [4.69, 9.17) is 66.7 Å². The van der Waals surface area contributed by atoms with Crippen molar-refractivity contribution >= 4 is 35.6 Å². The van der Waals surface area contributed by atoms with Crippen molar-refractivity contribution in [2.45, 2.75) is 104 Å². The van der Waals surface area contributed by atoms with Crippen LogP contribution in [-0.4, -0.2) is 176 Å². The first-order valence-corrected chi connectivity index (χ1v) is 40.8. The van der Waals surface area contributed by atoms with Crippen LogP contribution in [0.15, 0.2) is 219 Å². The maximum Gasteiger partial charge on any atom is 0.358 e. The van der Waals surface area contributed by atoms with E-state index < -0.39 is 109 Å². The summed E-state index contributed by atoms with van der Waals surface area (Å²) in [4.78, 5) is 165. The number of unbranched alkanes of at least 4 members (excludes halogenated alkanes) is 3. The van der Waals surface area contributed by atoms with E-state index in [0.29, 0.717) is 19.3 Å². The summed E-state index contributed by atoms with van der Waals surface area (Å²) in [6, 6.07) is 56.7. The fourth-order valence-electron chi connectivity index (χ4n) is 12.3. The van der Waals surface area contributed by atoms with E-state index in [9.17, 15) is 47.9 Å². The summed E-state index contributed by atoms with van der Waals surface area (Å²) >= 11 is 0. The summed E-state index contributed by atoms with van der Waals surface area (Å²) in [6.45, 7) is 4.59. The van der Waals surface area contributed by atoms with Gasteiger partial charge in [0.05, 0.1) is 0 Å². The minimum absolute atomic E-state index is 0.00807. The fraction of sp³-hybridized carbons (Fsp3) is 0.371. The number of hydrogen-bond acceptors (Lipinski definition) is 26. The number of carbonyl (C=O) groups is 6. The van der Waals surface area contributed by atoms with Gasteiger partial charge in [-0.3, -0.25) is 48.2 Å². The maximum absolute atomic E-state index is 14.2. The molecule has 6 heterocycles. The molecule has 5 aromatic carbocycles. The van der Waals surface area contributed by atoms with Crippen molar-refractivity contribution in [3.8, 4) is 23.0 Å². The van der Waals surface area contributed by atoms with Crippen LogP contribution in [0.4, 0.5) is 0 Å². The Labute approximate surface area is 709 Å². The topological polar surface area (TPSA) is 374 Å². The monoisotopic (exact) mass is 1690 g/mol. The summed E-state index contributed by atoms with van der Waals surface area (Å²) in [6.07, 6.45) is 0.682. The molecule has 2 fully saturated rings. The summed E-state index contributed by atoms with van der Waals surface area (Å²) < 4.78 is 62.0. The number of hydrogen-bond donors (Lipinski definition) is 4. The molecule has 0 bridgehead atoms. The van der Waals surface area contributed by atoms with E-state index in [1.54, 1.807) is 60.7 Å². The second-order valence-corrected chi connectivity index (χ2v) is 28.2. The van der Waals surface area contributed by atoms with Crippen LogP contribution in [0, 0.1) is 0 Å². The normalized spacial score (nSPS) is 14.5. The lowest BCUT2D eigenvalue weighted by molar-refractivity contribution is -0.401. The average Bonchev–Trinajstić information content (AvgIpc) is 0.778. The highest BCUT2D eigenvalue weighted by atomic mass is 16.9. The van der Waals surface area contributed by atoms with Gasteiger partial charge in [-0.2, -0.15) is 0 Å². The molecule has 34 nitrogen and oxygen atoms in total. The molecule has 652 valence electrons. The summed E-state index contributed by atoms with van der Waals surface area (Å²) in [5, 5.41) is 11.3. The number of rotatable bonds is 52. The number of pyridine rings is 4. The zero-order valence-electron chi connectivity index (χ0n) is 68.7. The fourth-order valence-corrected chi connectivity index (χ4v) is 12.3. The number of ether oxygens (including phenoxy) is 10. The molecule has 9 aromatic rings. The first-order valence-electron chi connectivity index (χ1n) is 40.8. The van der Waals surface area contributed by atoms with Crippen LogP contribution in [0.3, 0.4) is 0 Å². The molecule has 11 rings (SSSR count). The zero-order chi connectivity index (χ0) is 86.5. The van der Waals surface area contributed by atoms with Gasteiger partial charge in [-0.1, -0.05) is 192 Å². The minimum Gasteiger partial charge on any atom is -0.478 e. The predicted octanol–water partition coefficient (Wildman–Crippen LogP) is 6.54. The second kappa shape index (κ2) is 47.8. The lowest BCUT2D eigenvalue weighted by atomic mass is 10.2. The van der Waals surface area contributed by atoms with Crippen LogP contribution in [0.1, 0.15) is 145 Å². The smallest absolute Gasteiger partial charge is 0.358 e. The van der Waals surface area contributed by atoms with Gasteiger partial charge in [0, 0.05) is 76.6 Å². The number of carbonyl (C=O) groups excluding carboxylic acids is 6. The predicted molar refractivity (Wildman–Crippen MR) is 445 cm³/mol. The standard InChI is InChI=1S/C89H102N10O24/c1-4-7-53-116-96-68(84(108)114-56-63-25-15-10-16-26-63)35-39-72(80(96)104)110-59-76(100)90-43-47-94(48-44-91-77(101)60-111-73-40-36-69(97(81(73)105)117-54-8-5-2)85(109)115-57-64-27-17-11-18-28-64)51-52-95(49-45-92-78(102)61-112-74-41-37-70(98(82(74)106)118-55-9-6-3)88-120-86(121-88)66-31-21-13-22-32-66)50-46-93-79(103)62-113-75-42-38-71(89-122-87(123-89)67-33-23-14-24-34-67)99(83(75)107)119-58-65-29-19-12-20-30-65/h10-42,86-89H,4-9,43-62H2,1-3H3,(H,90,100)(H,91,101)(H,92,102)(H,93,103). The molecule has 0 spiro atoms. The highest BCUT2D eigenvalue weighted by Gasteiger charge is 2.38. The Kier molecular flexibility index (Phi) is 35.2. The van der Waals surface area contributed by atoms with Gasteiger partial charge >= 0.3 is 34.2 Å². The molecule has 0 atom stereocenters. The van der Waals surface area contributed by atoms with Gasteiger partial charge < -0.3 is 88.0 Å². The molecule has 4 N–H and O–H groups in total. The lowest BCUT2D eigenvalue weighted by Crippen LogP contribution is -2.46. The third-order valence-electron chi connectivity index (χ3n) is 19.1. The van der Waals surface area contributed by atoms with Crippen molar-refractivity contribution in [3.05, 3.63) is 292 Å². The molecular formula is C89H102N10O24. The van der Waals surface area contributed by atoms with Crippen molar-refractivity contribution in [2.75, 3.05) is 112 Å². The van der Waals surface area contributed by atoms with Crippen LogP contribution < -0.4 is 81.8 Å². The average molecular weight is 1700 g/mol. The van der Waals surface area contributed by atoms with Gasteiger partial charge in [-0.25, -0.2) is 9.59 Å². The Balaban J connectivity index is 0.768. The summed E-state index contributed by atoms with van der Waals surface area (Å²) in [5.74, 6) is -5.10. The first kappa shape index (κ1) is 90.6. The first-order chi connectivity index (χ1) is 60.0. The summed E-state index contributed by atoms with van der Waals surface area (Å²) in [7, 11) is 0. The van der Waals surface area contributed by atoms with Crippen molar-refractivity contribution < 1.29 is 95.5 Å². The number of nitrogens with one attached hydrogen (secondary N) is 4. The highest BCUT2D eigenvalue weighted by molar-refractivity contribution is 5.88. The third kappa shape index (κ3) is 27.2. The Morgan fingerprint density at radius 2 is 0.610 bits per heavy atom. The third-order valence-corrected chi connectivity index (χ3v) is 19.1. The highest BCUT2D eigenvalue weighted by Crippen LogP contribution is 2.42. The van der Waals surface area contributed by atoms with Crippen LogP contribution in [-0.2, 0) is 67.4 Å². The van der Waals surface area contributed by atoms with Gasteiger partial charge in [0.1, 0.15) is 51.0 Å². The molecule has 34 heteroatoms. The molecule has 2 aliphatic rings. The quantitative estimate of drug-likeness (QED) is 0.0232. The van der Waals surface area contributed by atoms with E-state index in [1.807, 2.05) is 134 Å². The van der Waals surface area contributed by atoms with Crippen LogP contribution in [0.5, 0.6) is 23.0 Å². The van der Waals surface area contributed by atoms with Gasteiger partial charge in [-0.05, 0) is 84.5 Å². The second-order valence-electron chi connectivity index (χ2n) is 28.2. The number of esters is 2. The van der Waals surface area contributed by atoms with Gasteiger partial charge in [0.2, 0.25) is 12.6 Å². The zero-order valence-corrected chi connectivity index (χ0v) is 68.7. The Hall–Kier alpha value is -13.1. The van der Waals surface area contributed by atoms with Gasteiger partial charge in [0.15, 0.2) is 73.4 Å². The largest absolute Gasteiger partial charge is 0.478 e. The molecule has 0 aliphatic carbocycles. The van der Waals surface area contributed by atoms with E-state index in [2.05, 4.69) is 21.3 Å². The van der Waals surface area contributed by atoms with E-state index in [1.165, 1.54) is 36.4 Å². The van der Waals surface area contributed by atoms with Crippen molar-refractivity contribution in [3.63, 3.8) is 0 Å². The number of nitrogens with zero attached hydrogens (tertiary/aromatic N) is 6. The Morgan fingerprint density at radius 3 is 0.935 bits per heavy atom. The Bertz CT molecular complexity index is 5000. The molecule has 4 amide bonds. The SMILES string of the molecule is CCCCOn1c(C(=O)OCc2ccccc2)ccc(OCC(=O)NCCN(CCNC(=O)COc2ccc(C(=O)OCc3ccccc3)n(OCCCC)c2=O)CCN(CCNC(=O)COc2ccc(C3OC(c4ccccc4)O3)n(OCCCC)c2=O)CCNC(=O)COc2ccc(C3OC(c4ccccc4)O3)n(OCc3ccccc3)c2=O)c1=O. The van der Waals surface area contributed by atoms with E-state index >= 15 is 0 Å². The number of benzene rings is 5. The maximum atomic E-state index is 14.2. The molecule has 2 aliphatic heterocycles. The summed E-state index contributed by atoms with van der Waals surface area (Å²) in [5.41, 5.74) is 0.794. The Morgan fingerprint density at radius 1 is 0.325 bits per heavy atom. The minimum atomic E-state index is -0.978. The molecule has 123 heavy (non-hydrogen) atoms. The molecule has 0 saturated carbocycles. The molecular weight excluding hydrogens is 1590 g/mol. The van der Waals surface area contributed by atoms with Crippen LogP contribution >= 0.6 is 0 Å². The molecule has 0 unspecified atom stereocenters. The number of aromatic nitrogens is 4. The van der Waals surface area contributed by atoms with Crippen molar-refractivity contribution in [2.24, 2.45) is 0 Å². The molecule has 0 radical (unpaired) electrons. The lowest BCUT2D eigenvalue weighted by Gasteiger charge is -2.37. The number of amides is 4. The van der Waals surface area contributed by atoms with Crippen LogP contribution in [0.25, 0.3) is 0 Å². The van der Waals surface area contributed by atoms with Crippen molar-refractivity contribution in [1.29, 1.82) is 0 Å². The molecule has 4 aromatic heterocycles. The van der Waals surface area contributed by atoms with Gasteiger partial charge in [0.25, 0.3) is 23.6 Å². The van der Waals surface area contributed by atoms with Crippen LogP contribution in [0.2, 0.25) is 0 Å². The van der Waals surface area contributed by atoms with Gasteiger partial charge in [-0.15, -0.1) is 18.9 Å². The molecule has 2 saturated heterocycles. The van der Waals surface area contributed by atoms with Crippen molar-refractivity contribution in [1.82, 2.24) is 50.0 Å². The van der Waals surface area contributed by atoms with E-state index in [0.717, 1.165) is 66.0 Å².